The molecule has 0 aliphatic rings. The van der Waals surface area contributed by atoms with Crippen molar-refractivity contribution in [2.75, 3.05) is 0 Å². The van der Waals surface area contributed by atoms with Gasteiger partial charge < -0.3 is 9.63 Å². The summed E-state index contributed by atoms with van der Waals surface area (Å²) in [4.78, 5) is 4.35. The molecule has 1 aromatic carbocycles. The number of aromatic hydroxyl groups is 1. The van der Waals surface area contributed by atoms with Crippen LogP contribution in [0.25, 0.3) is 22.8 Å². The third-order valence-electron chi connectivity index (χ3n) is 2.71. The maximum absolute atomic E-state index is 9.85. The van der Waals surface area contributed by atoms with E-state index in [0.717, 1.165) is 14.7 Å². The van der Waals surface area contributed by atoms with Gasteiger partial charge in [-0.1, -0.05) is 5.16 Å². The highest BCUT2D eigenvalue weighted by molar-refractivity contribution is 14.1. The van der Waals surface area contributed by atoms with Gasteiger partial charge in [-0.3, -0.25) is 0 Å². The van der Waals surface area contributed by atoms with Crippen molar-refractivity contribution < 1.29 is 9.63 Å². The van der Waals surface area contributed by atoms with Crippen molar-refractivity contribution in [3.8, 4) is 28.6 Å². The SMILES string of the molecule is Cc1cscc1-c1noc(-c2cc(I)ccc2O)n1. The Kier molecular flexibility index (Phi) is 3.28. The standard InChI is InChI=1S/C13H9IN2O2S/c1-7-5-19-6-10(7)12-15-13(18-16-12)9-4-8(14)2-3-11(9)17/h2-6,17H,1H3. The zero-order chi connectivity index (χ0) is 13.4. The van der Waals surface area contributed by atoms with Crippen LogP contribution in [0.15, 0.2) is 33.5 Å². The Morgan fingerprint density at radius 1 is 1.26 bits per heavy atom. The lowest BCUT2D eigenvalue weighted by Crippen LogP contribution is -1.83. The molecule has 0 radical (unpaired) electrons. The van der Waals surface area contributed by atoms with Crippen LogP contribution in [0.3, 0.4) is 0 Å². The van der Waals surface area contributed by atoms with Gasteiger partial charge in [0.2, 0.25) is 5.82 Å². The molecule has 0 fully saturated rings. The summed E-state index contributed by atoms with van der Waals surface area (Å²) in [7, 11) is 0. The first-order chi connectivity index (χ1) is 9.15. The fraction of sp³-hybridized carbons (Fsp3) is 0.0769. The van der Waals surface area contributed by atoms with Crippen molar-refractivity contribution in [1.29, 1.82) is 0 Å². The van der Waals surface area contributed by atoms with Crippen molar-refractivity contribution in [1.82, 2.24) is 10.1 Å². The zero-order valence-corrected chi connectivity index (χ0v) is 12.9. The number of rotatable bonds is 2. The summed E-state index contributed by atoms with van der Waals surface area (Å²) in [5.41, 5.74) is 2.63. The molecule has 0 spiro atoms. The number of phenols is 1. The minimum absolute atomic E-state index is 0.137. The summed E-state index contributed by atoms with van der Waals surface area (Å²) < 4.78 is 6.24. The van der Waals surface area contributed by atoms with Gasteiger partial charge in [0.05, 0.1) is 5.56 Å². The Balaban J connectivity index is 2.06. The number of aromatic nitrogens is 2. The van der Waals surface area contributed by atoms with Gasteiger partial charge in [-0.2, -0.15) is 16.3 Å². The molecule has 0 bridgehead atoms. The molecule has 6 heteroatoms. The second kappa shape index (κ2) is 4.93. The summed E-state index contributed by atoms with van der Waals surface area (Å²) in [6.45, 7) is 2.00. The minimum atomic E-state index is 0.137. The van der Waals surface area contributed by atoms with Gasteiger partial charge in [0.25, 0.3) is 5.89 Å². The fourth-order valence-electron chi connectivity index (χ4n) is 1.71. The van der Waals surface area contributed by atoms with Crippen LogP contribution in [0.2, 0.25) is 0 Å². The average molecular weight is 384 g/mol. The Hall–Kier alpha value is -1.41. The van der Waals surface area contributed by atoms with E-state index in [1.807, 2.05) is 29.8 Å². The van der Waals surface area contributed by atoms with Gasteiger partial charge >= 0.3 is 0 Å². The van der Waals surface area contributed by atoms with Crippen molar-refractivity contribution in [2.45, 2.75) is 6.92 Å². The van der Waals surface area contributed by atoms with Crippen molar-refractivity contribution >= 4 is 33.9 Å². The molecule has 0 saturated carbocycles. The molecule has 1 N–H and O–H groups in total. The van der Waals surface area contributed by atoms with Crippen LogP contribution in [-0.2, 0) is 0 Å². The second-order valence-corrected chi connectivity index (χ2v) is 6.04. The van der Waals surface area contributed by atoms with Crippen molar-refractivity contribution in [3.05, 3.63) is 38.1 Å². The molecule has 96 valence electrons. The van der Waals surface area contributed by atoms with Gasteiger partial charge in [0.15, 0.2) is 0 Å². The van der Waals surface area contributed by atoms with E-state index in [0.29, 0.717) is 17.3 Å². The summed E-state index contributed by atoms with van der Waals surface area (Å²) in [5.74, 6) is 1.02. The zero-order valence-electron chi connectivity index (χ0n) is 9.92. The monoisotopic (exact) mass is 384 g/mol. The Morgan fingerprint density at radius 3 is 2.84 bits per heavy atom. The van der Waals surface area contributed by atoms with Crippen LogP contribution in [0, 0.1) is 10.5 Å². The van der Waals surface area contributed by atoms with E-state index in [1.54, 1.807) is 17.4 Å². The Labute approximate surface area is 127 Å². The molecule has 0 aliphatic heterocycles. The number of nitrogens with zero attached hydrogens (tertiary/aromatic N) is 2. The van der Waals surface area contributed by atoms with Crippen LogP contribution in [-0.4, -0.2) is 15.2 Å². The lowest BCUT2D eigenvalue weighted by atomic mass is 10.2. The first kappa shape index (κ1) is 12.6. The molecule has 0 aliphatic carbocycles. The van der Waals surface area contributed by atoms with E-state index in [9.17, 15) is 5.11 Å². The molecule has 0 atom stereocenters. The third kappa shape index (κ3) is 2.37. The van der Waals surface area contributed by atoms with Crippen LogP contribution < -0.4 is 0 Å². The molecule has 0 unspecified atom stereocenters. The van der Waals surface area contributed by atoms with E-state index >= 15 is 0 Å². The molecule has 2 heterocycles. The summed E-state index contributed by atoms with van der Waals surface area (Å²) in [6.07, 6.45) is 0. The van der Waals surface area contributed by atoms with Gasteiger partial charge in [0, 0.05) is 14.5 Å². The first-order valence-electron chi connectivity index (χ1n) is 5.51. The molecular weight excluding hydrogens is 375 g/mol. The predicted molar refractivity (Wildman–Crippen MR) is 82.2 cm³/mol. The van der Waals surface area contributed by atoms with Crippen LogP contribution in [0.5, 0.6) is 5.75 Å². The highest BCUT2D eigenvalue weighted by Crippen LogP contribution is 2.32. The maximum Gasteiger partial charge on any atom is 0.262 e. The van der Waals surface area contributed by atoms with Crippen LogP contribution in [0.1, 0.15) is 5.56 Å². The summed E-state index contributed by atoms with van der Waals surface area (Å²) >= 11 is 3.77. The fourth-order valence-corrected chi connectivity index (χ4v) is 3.03. The topological polar surface area (TPSA) is 59.2 Å². The number of aryl methyl sites for hydroxylation is 1. The minimum Gasteiger partial charge on any atom is -0.507 e. The normalized spacial score (nSPS) is 10.8. The Bertz CT molecular complexity index is 736. The van der Waals surface area contributed by atoms with E-state index in [2.05, 4.69) is 32.7 Å². The molecule has 2 aromatic heterocycles. The van der Waals surface area contributed by atoms with Crippen molar-refractivity contribution in [3.63, 3.8) is 0 Å². The van der Waals surface area contributed by atoms with E-state index < -0.39 is 0 Å². The number of benzene rings is 1. The molecule has 3 aromatic rings. The lowest BCUT2D eigenvalue weighted by molar-refractivity contribution is 0.425. The third-order valence-corrected chi connectivity index (χ3v) is 4.24. The van der Waals surface area contributed by atoms with E-state index in [-0.39, 0.29) is 5.75 Å². The first-order valence-corrected chi connectivity index (χ1v) is 7.53. The summed E-state index contributed by atoms with van der Waals surface area (Å²) in [6, 6.07) is 5.25. The van der Waals surface area contributed by atoms with Gasteiger partial charge in [0.1, 0.15) is 5.75 Å². The van der Waals surface area contributed by atoms with Crippen LogP contribution in [0.4, 0.5) is 0 Å². The molecule has 19 heavy (non-hydrogen) atoms. The van der Waals surface area contributed by atoms with E-state index in [4.69, 9.17) is 4.52 Å². The number of hydrogen-bond donors (Lipinski definition) is 1. The molecule has 0 saturated heterocycles. The van der Waals surface area contributed by atoms with Crippen LogP contribution >= 0.6 is 33.9 Å². The molecule has 0 amide bonds. The number of phenolic OH excluding ortho intramolecular Hbond substituents is 1. The van der Waals surface area contributed by atoms with Gasteiger partial charge in [-0.05, 0) is 58.7 Å². The number of hydrogen-bond acceptors (Lipinski definition) is 5. The van der Waals surface area contributed by atoms with Gasteiger partial charge in [-0.25, -0.2) is 0 Å². The smallest absolute Gasteiger partial charge is 0.262 e. The maximum atomic E-state index is 9.85. The Morgan fingerprint density at radius 2 is 2.11 bits per heavy atom. The van der Waals surface area contributed by atoms with E-state index in [1.165, 1.54) is 0 Å². The molecule has 4 nitrogen and oxygen atoms in total. The van der Waals surface area contributed by atoms with Gasteiger partial charge in [-0.15, -0.1) is 0 Å². The van der Waals surface area contributed by atoms with Crippen molar-refractivity contribution in [2.24, 2.45) is 0 Å². The number of halogens is 1. The molecular formula is C13H9IN2O2S. The molecule has 3 rings (SSSR count). The average Bonchev–Trinajstić information content (AvgIpc) is 3.00. The largest absolute Gasteiger partial charge is 0.507 e. The highest BCUT2D eigenvalue weighted by Gasteiger charge is 2.15. The number of thiophene rings is 1. The lowest BCUT2D eigenvalue weighted by Gasteiger charge is -1.99. The quantitative estimate of drug-likeness (QED) is 0.677. The highest BCUT2D eigenvalue weighted by atomic mass is 127. The second-order valence-electron chi connectivity index (χ2n) is 4.05. The predicted octanol–water partition coefficient (Wildman–Crippen LogP) is 4.08. The summed E-state index contributed by atoms with van der Waals surface area (Å²) in [5, 5.41) is 17.8.